The first-order chi connectivity index (χ1) is 8.66. The van der Waals surface area contributed by atoms with Gasteiger partial charge in [0.1, 0.15) is 0 Å². The van der Waals surface area contributed by atoms with Crippen LogP contribution in [-0.2, 0) is 4.74 Å². The summed E-state index contributed by atoms with van der Waals surface area (Å²) in [5, 5.41) is 13.2. The predicted octanol–water partition coefficient (Wildman–Crippen LogP) is 1.50. The third kappa shape index (κ3) is 3.04. The smallest absolute Gasteiger partial charge is 0.269 e. The Hall–Kier alpha value is -1.95. The molecule has 0 radical (unpaired) electrons. The minimum absolute atomic E-state index is 0.0225. The maximum absolute atomic E-state index is 11.7. The fourth-order valence-corrected chi connectivity index (χ4v) is 1.85. The number of hydrogen-bond acceptors (Lipinski definition) is 4. The van der Waals surface area contributed by atoms with Crippen molar-refractivity contribution >= 4 is 11.6 Å². The number of benzene rings is 1. The summed E-state index contributed by atoms with van der Waals surface area (Å²) in [6, 6.07) is 5.54. The fraction of sp³-hybridized carbons (Fsp3) is 0.417. The summed E-state index contributed by atoms with van der Waals surface area (Å²) in [5.41, 5.74) is 0.393. The molecule has 2 rings (SSSR count). The second-order valence-corrected chi connectivity index (χ2v) is 4.15. The molecule has 0 unspecified atom stereocenters. The number of nitrogens with zero attached hydrogens (tertiary/aromatic N) is 1. The highest BCUT2D eigenvalue weighted by Crippen LogP contribution is 2.13. The van der Waals surface area contributed by atoms with Crippen molar-refractivity contribution in [2.24, 2.45) is 0 Å². The van der Waals surface area contributed by atoms with E-state index in [1.807, 2.05) is 0 Å². The Morgan fingerprint density at radius 3 is 2.72 bits per heavy atom. The van der Waals surface area contributed by atoms with Gasteiger partial charge in [-0.2, -0.15) is 0 Å². The van der Waals surface area contributed by atoms with Gasteiger partial charge < -0.3 is 10.1 Å². The summed E-state index contributed by atoms with van der Waals surface area (Å²) in [6.45, 7) is 1.23. The van der Waals surface area contributed by atoms with Crippen LogP contribution >= 0.6 is 0 Å². The van der Waals surface area contributed by atoms with E-state index in [-0.39, 0.29) is 17.7 Å². The van der Waals surface area contributed by atoms with Crippen molar-refractivity contribution in [1.82, 2.24) is 5.32 Å². The number of nitro benzene ring substituents is 1. The molecule has 6 heteroatoms. The van der Waals surface area contributed by atoms with Crippen LogP contribution in [0.4, 0.5) is 5.69 Å². The Balaban J connectivity index is 1.89. The molecule has 1 N–H and O–H groups in total. The van der Waals surface area contributed by atoms with Crippen LogP contribution in [0.25, 0.3) is 0 Å². The van der Waals surface area contributed by atoms with Crippen molar-refractivity contribution in [2.75, 3.05) is 13.2 Å². The molecule has 1 aromatic rings. The number of ether oxygens (including phenoxy) is 1. The van der Waals surface area contributed by atoms with Crippen molar-refractivity contribution in [3.05, 3.63) is 39.9 Å². The summed E-state index contributed by atoms with van der Waals surface area (Å²) in [4.78, 5) is 21.7. The molecule has 96 valence electrons. The van der Waals surface area contributed by atoms with Crippen LogP contribution in [0.2, 0.25) is 0 Å². The van der Waals surface area contributed by atoms with E-state index in [0.717, 1.165) is 19.4 Å². The van der Waals surface area contributed by atoms with Crippen molar-refractivity contribution in [3.63, 3.8) is 0 Å². The number of carbonyl (C=O) groups is 1. The van der Waals surface area contributed by atoms with Gasteiger partial charge in [-0.05, 0) is 25.0 Å². The number of nitro groups is 1. The topological polar surface area (TPSA) is 81.5 Å². The van der Waals surface area contributed by atoms with Crippen LogP contribution in [0.5, 0.6) is 0 Å². The van der Waals surface area contributed by atoms with Crippen LogP contribution in [0.3, 0.4) is 0 Å². The quantitative estimate of drug-likeness (QED) is 0.648. The Labute approximate surface area is 104 Å². The number of rotatable bonds is 4. The van der Waals surface area contributed by atoms with Crippen molar-refractivity contribution in [2.45, 2.75) is 18.9 Å². The highest BCUT2D eigenvalue weighted by molar-refractivity contribution is 5.94. The van der Waals surface area contributed by atoms with Crippen LogP contribution in [0.1, 0.15) is 23.2 Å². The molecular weight excluding hydrogens is 236 g/mol. The lowest BCUT2D eigenvalue weighted by atomic mass is 10.2. The van der Waals surface area contributed by atoms with E-state index in [0.29, 0.717) is 12.1 Å². The molecule has 1 saturated heterocycles. The summed E-state index contributed by atoms with van der Waals surface area (Å²) in [5.74, 6) is -0.236. The van der Waals surface area contributed by atoms with Gasteiger partial charge in [0.2, 0.25) is 0 Å². The minimum Gasteiger partial charge on any atom is -0.376 e. The number of nitrogens with one attached hydrogen (secondary N) is 1. The first-order valence-electron chi connectivity index (χ1n) is 5.81. The average molecular weight is 250 g/mol. The average Bonchev–Trinajstić information content (AvgIpc) is 2.89. The lowest BCUT2D eigenvalue weighted by Gasteiger charge is -2.10. The van der Waals surface area contributed by atoms with Gasteiger partial charge in [0.25, 0.3) is 11.6 Å². The van der Waals surface area contributed by atoms with Crippen LogP contribution in [0, 0.1) is 10.1 Å². The standard InChI is InChI=1S/C12H14N2O4/c15-12(13-8-11-2-1-7-18-11)9-3-5-10(6-4-9)14(16)17/h3-6,11H,1-2,7-8H2,(H,13,15)/t11-/m1/s1. The SMILES string of the molecule is O=C(NC[C@H]1CCCO1)c1ccc([N+](=O)[O-])cc1. The molecule has 1 aromatic carbocycles. The highest BCUT2D eigenvalue weighted by Gasteiger charge is 2.16. The summed E-state index contributed by atoms with van der Waals surface area (Å²) >= 11 is 0. The number of amides is 1. The van der Waals surface area contributed by atoms with Crippen LogP contribution in [-0.4, -0.2) is 30.1 Å². The van der Waals surface area contributed by atoms with Gasteiger partial charge in [-0.1, -0.05) is 0 Å². The lowest BCUT2D eigenvalue weighted by Crippen LogP contribution is -2.31. The number of hydrogen-bond donors (Lipinski definition) is 1. The summed E-state index contributed by atoms with van der Waals surface area (Å²) in [7, 11) is 0. The van der Waals surface area contributed by atoms with Gasteiger partial charge in [0, 0.05) is 30.8 Å². The molecule has 1 amide bonds. The van der Waals surface area contributed by atoms with Crippen LogP contribution < -0.4 is 5.32 Å². The molecule has 1 heterocycles. The van der Waals surface area contributed by atoms with Crippen molar-refractivity contribution in [1.29, 1.82) is 0 Å². The molecule has 0 bridgehead atoms. The van der Waals surface area contributed by atoms with E-state index in [1.54, 1.807) is 0 Å². The second-order valence-electron chi connectivity index (χ2n) is 4.15. The molecule has 1 aliphatic heterocycles. The Morgan fingerprint density at radius 1 is 1.44 bits per heavy atom. The molecule has 18 heavy (non-hydrogen) atoms. The molecule has 0 aromatic heterocycles. The Kier molecular flexibility index (Phi) is 3.88. The molecule has 1 fully saturated rings. The molecule has 6 nitrogen and oxygen atoms in total. The third-order valence-electron chi connectivity index (χ3n) is 2.85. The Morgan fingerprint density at radius 2 is 2.17 bits per heavy atom. The first kappa shape index (κ1) is 12.5. The lowest BCUT2D eigenvalue weighted by molar-refractivity contribution is -0.384. The van der Waals surface area contributed by atoms with E-state index in [1.165, 1.54) is 24.3 Å². The Bertz CT molecular complexity index is 438. The zero-order valence-electron chi connectivity index (χ0n) is 9.80. The van der Waals surface area contributed by atoms with Gasteiger partial charge in [0.15, 0.2) is 0 Å². The van der Waals surface area contributed by atoms with E-state index in [4.69, 9.17) is 4.74 Å². The van der Waals surface area contributed by atoms with E-state index in [2.05, 4.69) is 5.32 Å². The minimum atomic E-state index is -0.492. The normalized spacial score (nSPS) is 18.6. The summed E-state index contributed by atoms with van der Waals surface area (Å²) < 4.78 is 5.39. The maximum Gasteiger partial charge on any atom is 0.269 e. The van der Waals surface area contributed by atoms with Gasteiger partial charge in [-0.3, -0.25) is 14.9 Å². The predicted molar refractivity (Wildman–Crippen MR) is 64.4 cm³/mol. The monoisotopic (exact) mass is 250 g/mol. The zero-order chi connectivity index (χ0) is 13.0. The van der Waals surface area contributed by atoms with Crippen LogP contribution in [0.15, 0.2) is 24.3 Å². The van der Waals surface area contributed by atoms with Crippen molar-refractivity contribution < 1.29 is 14.5 Å². The van der Waals surface area contributed by atoms with Gasteiger partial charge in [-0.15, -0.1) is 0 Å². The maximum atomic E-state index is 11.7. The largest absolute Gasteiger partial charge is 0.376 e. The first-order valence-corrected chi connectivity index (χ1v) is 5.81. The van der Waals surface area contributed by atoms with E-state index < -0.39 is 4.92 Å². The second kappa shape index (κ2) is 5.59. The number of carbonyl (C=O) groups excluding carboxylic acids is 1. The highest BCUT2D eigenvalue weighted by atomic mass is 16.6. The molecule has 1 aliphatic rings. The molecule has 0 saturated carbocycles. The zero-order valence-corrected chi connectivity index (χ0v) is 9.80. The van der Waals surface area contributed by atoms with E-state index in [9.17, 15) is 14.9 Å². The van der Waals surface area contributed by atoms with Gasteiger partial charge in [-0.25, -0.2) is 0 Å². The molecule has 0 aliphatic carbocycles. The molecular formula is C12H14N2O4. The fourth-order valence-electron chi connectivity index (χ4n) is 1.85. The van der Waals surface area contributed by atoms with Crippen molar-refractivity contribution in [3.8, 4) is 0 Å². The van der Waals surface area contributed by atoms with Gasteiger partial charge >= 0.3 is 0 Å². The third-order valence-corrected chi connectivity index (χ3v) is 2.85. The number of non-ortho nitro benzene ring substituents is 1. The van der Waals surface area contributed by atoms with E-state index >= 15 is 0 Å². The molecule has 1 atom stereocenters. The van der Waals surface area contributed by atoms with Gasteiger partial charge in [0.05, 0.1) is 11.0 Å². The molecule has 0 spiro atoms. The summed E-state index contributed by atoms with van der Waals surface area (Å²) in [6.07, 6.45) is 2.07.